The predicted octanol–water partition coefficient (Wildman–Crippen LogP) is 5.88. The molecule has 0 aliphatic carbocycles. The first kappa shape index (κ1) is 19.7. The number of carbonyl (C=O) groups is 1. The molecule has 1 aliphatic rings. The van der Waals surface area contributed by atoms with Crippen molar-refractivity contribution < 1.29 is 4.79 Å². The molecule has 4 rings (SSSR count). The summed E-state index contributed by atoms with van der Waals surface area (Å²) in [5.74, 6) is -0.169. The van der Waals surface area contributed by atoms with Crippen molar-refractivity contribution in [1.82, 2.24) is 9.72 Å². The molecule has 0 atom stereocenters. The number of hydrogen-bond acceptors (Lipinski definition) is 2. The third-order valence-electron chi connectivity index (χ3n) is 4.51. The lowest BCUT2D eigenvalue weighted by molar-refractivity contribution is 0.103. The van der Waals surface area contributed by atoms with Crippen molar-refractivity contribution in [2.24, 2.45) is 0 Å². The van der Waals surface area contributed by atoms with E-state index < -0.39 is 0 Å². The molecule has 0 amide bonds. The largest absolute Gasteiger partial charge is 0.313 e. The van der Waals surface area contributed by atoms with Crippen LogP contribution in [0.15, 0.2) is 54.7 Å². The lowest BCUT2D eigenvalue weighted by Crippen LogP contribution is -2.19. The van der Waals surface area contributed by atoms with Gasteiger partial charge >= 0.3 is 0 Å². The summed E-state index contributed by atoms with van der Waals surface area (Å²) in [7, 11) is 0. The lowest BCUT2D eigenvalue weighted by atomic mass is 10.0. The van der Waals surface area contributed by atoms with Crippen LogP contribution in [-0.4, -0.2) is 23.3 Å². The number of fused-ring (bicyclic) bond motifs is 1. The molecular weight excluding hydrogens is 379 g/mol. The molecule has 0 spiro atoms. The van der Waals surface area contributed by atoms with E-state index in [0.29, 0.717) is 21.3 Å². The van der Waals surface area contributed by atoms with Crippen LogP contribution in [0.4, 0.5) is 0 Å². The molecule has 3 nitrogen and oxygen atoms in total. The van der Waals surface area contributed by atoms with Gasteiger partial charge in [0.25, 0.3) is 0 Å². The smallest absolute Gasteiger partial charge is 0.212 e. The fraction of sp³-hybridized carbons (Fsp3) is 0.227. The first-order valence-electron chi connectivity index (χ1n) is 9.16. The quantitative estimate of drug-likeness (QED) is 0.556. The van der Waals surface area contributed by atoms with E-state index in [1.54, 1.807) is 18.2 Å². The van der Waals surface area contributed by atoms with Crippen LogP contribution in [0.3, 0.4) is 0 Å². The molecule has 0 bridgehead atoms. The molecule has 3 heterocycles. The Hall–Kier alpha value is -2.07. The number of halogens is 2. The van der Waals surface area contributed by atoms with Crippen molar-refractivity contribution in [2.75, 3.05) is 13.1 Å². The standard InChI is InChI=1S/C20H16Cl2N2O.C2H6/c21-15-4-3-5-16(22)19(15)20(25)18-12-14(13-7-9-23-10-8-13)17-6-1-2-11-24(17)18;1-2/h1-7,11-12,23H,8-10H2;1-2H3. The van der Waals surface area contributed by atoms with Gasteiger partial charge < -0.3 is 9.72 Å². The minimum atomic E-state index is -0.169. The summed E-state index contributed by atoms with van der Waals surface area (Å²) in [4.78, 5) is 13.2. The molecule has 0 saturated heterocycles. The number of rotatable bonds is 3. The van der Waals surface area contributed by atoms with Crippen LogP contribution >= 0.6 is 23.2 Å². The van der Waals surface area contributed by atoms with Gasteiger partial charge in [0.2, 0.25) is 5.78 Å². The third-order valence-corrected chi connectivity index (χ3v) is 5.14. The van der Waals surface area contributed by atoms with Crippen LogP contribution in [-0.2, 0) is 0 Å². The molecule has 0 fully saturated rings. The van der Waals surface area contributed by atoms with Crippen molar-refractivity contribution in [3.63, 3.8) is 0 Å². The second-order valence-electron chi connectivity index (χ2n) is 6.01. The molecule has 27 heavy (non-hydrogen) atoms. The van der Waals surface area contributed by atoms with E-state index in [4.69, 9.17) is 23.2 Å². The minimum Gasteiger partial charge on any atom is -0.313 e. The molecule has 0 radical (unpaired) electrons. The summed E-state index contributed by atoms with van der Waals surface area (Å²) in [6, 6.07) is 13.0. The second-order valence-corrected chi connectivity index (χ2v) is 6.82. The van der Waals surface area contributed by atoms with Gasteiger partial charge in [-0.2, -0.15) is 0 Å². The highest BCUT2D eigenvalue weighted by Crippen LogP contribution is 2.31. The SMILES string of the molecule is CC.O=C(c1c(Cl)cccc1Cl)c1cc(C2=CCNCC2)c2ccccn12. The van der Waals surface area contributed by atoms with Crippen LogP contribution in [0.25, 0.3) is 11.1 Å². The van der Waals surface area contributed by atoms with Crippen molar-refractivity contribution in [2.45, 2.75) is 20.3 Å². The maximum atomic E-state index is 13.2. The van der Waals surface area contributed by atoms with Crippen molar-refractivity contribution >= 4 is 40.1 Å². The number of benzene rings is 1. The van der Waals surface area contributed by atoms with E-state index in [-0.39, 0.29) is 5.78 Å². The maximum absolute atomic E-state index is 13.2. The van der Waals surface area contributed by atoms with Crippen LogP contribution in [0.1, 0.15) is 41.9 Å². The van der Waals surface area contributed by atoms with Gasteiger partial charge in [0, 0.05) is 18.3 Å². The minimum absolute atomic E-state index is 0.169. The summed E-state index contributed by atoms with van der Waals surface area (Å²) in [5, 5.41) is 4.05. The zero-order valence-electron chi connectivity index (χ0n) is 15.4. The molecule has 3 aromatic rings. The van der Waals surface area contributed by atoms with Crippen LogP contribution < -0.4 is 5.32 Å². The molecule has 2 aromatic heterocycles. The summed E-state index contributed by atoms with van der Waals surface area (Å²) in [6.45, 7) is 5.79. The Balaban J connectivity index is 0.00000102. The highest BCUT2D eigenvalue weighted by Gasteiger charge is 2.22. The molecular formula is C22H22Cl2N2O. The number of nitrogens with zero attached hydrogens (tertiary/aromatic N) is 1. The molecule has 1 aliphatic heterocycles. The van der Waals surface area contributed by atoms with Crippen LogP contribution in [0, 0.1) is 0 Å². The normalized spacial score (nSPS) is 13.7. The van der Waals surface area contributed by atoms with Crippen LogP contribution in [0.2, 0.25) is 10.0 Å². The van der Waals surface area contributed by atoms with Gasteiger partial charge in [0.1, 0.15) is 0 Å². The zero-order valence-corrected chi connectivity index (χ0v) is 16.9. The van der Waals surface area contributed by atoms with Gasteiger partial charge in [-0.1, -0.05) is 55.3 Å². The number of pyridine rings is 1. The fourth-order valence-electron chi connectivity index (χ4n) is 3.30. The summed E-state index contributed by atoms with van der Waals surface area (Å²) < 4.78 is 1.92. The summed E-state index contributed by atoms with van der Waals surface area (Å²) >= 11 is 12.5. The van der Waals surface area contributed by atoms with E-state index >= 15 is 0 Å². The maximum Gasteiger partial charge on any atom is 0.212 e. The van der Waals surface area contributed by atoms with Gasteiger partial charge in [-0.3, -0.25) is 4.79 Å². The van der Waals surface area contributed by atoms with E-state index in [9.17, 15) is 4.79 Å². The topological polar surface area (TPSA) is 33.5 Å². The molecule has 1 aromatic carbocycles. The average molecular weight is 401 g/mol. The summed E-state index contributed by atoms with van der Waals surface area (Å²) in [6.07, 6.45) is 5.02. The fourth-order valence-corrected chi connectivity index (χ4v) is 3.86. The van der Waals surface area contributed by atoms with Crippen molar-refractivity contribution in [3.05, 3.63) is 81.6 Å². The highest BCUT2D eigenvalue weighted by molar-refractivity contribution is 6.41. The number of ketones is 1. The third kappa shape index (κ3) is 3.81. The Morgan fingerprint density at radius 3 is 2.48 bits per heavy atom. The number of hydrogen-bond donors (Lipinski definition) is 1. The Kier molecular flexibility index (Phi) is 6.38. The Labute approximate surface area is 169 Å². The van der Waals surface area contributed by atoms with Gasteiger partial charge in [0.05, 0.1) is 26.8 Å². The van der Waals surface area contributed by atoms with E-state index in [1.807, 2.05) is 48.7 Å². The van der Waals surface area contributed by atoms with Gasteiger partial charge in [0.15, 0.2) is 0 Å². The molecule has 140 valence electrons. The highest BCUT2D eigenvalue weighted by atomic mass is 35.5. The monoisotopic (exact) mass is 400 g/mol. The van der Waals surface area contributed by atoms with Gasteiger partial charge in [-0.05, 0) is 48.9 Å². The first-order valence-corrected chi connectivity index (χ1v) is 9.91. The lowest BCUT2D eigenvalue weighted by Gasteiger charge is -2.13. The first-order chi connectivity index (χ1) is 13.2. The van der Waals surface area contributed by atoms with Crippen molar-refractivity contribution in [3.8, 4) is 0 Å². The predicted molar refractivity (Wildman–Crippen MR) is 114 cm³/mol. The second kappa shape index (κ2) is 8.75. The van der Waals surface area contributed by atoms with Gasteiger partial charge in [-0.25, -0.2) is 0 Å². The zero-order chi connectivity index (χ0) is 19.4. The number of carbonyl (C=O) groups excluding carboxylic acids is 1. The Morgan fingerprint density at radius 2 is 1.81 bits per heavy atom. The molecule has 5 heteroatoms. The van der Waals surface area contributed by atoms with E-state index in [1.165, 1.54) is 5.57 Å². The Bertz CT molecular complexity index is 984. The van der Waals surface area contributed by atoms with E-state index in [2.05, 4.69) is 11.4 Å². The number of aromatic nitrogens is 1. The number of nitrogens with one attached hydrogen (secondary N) is 1. The Morgan fingerprint density at radius 1 is 1.07 bits per heavy atom. The van der Waals surface area contributed by atoms with E-state index in [0.717, 1.165) is 30.6 Å². The van der Waals surface area contributed by atoms with Crippen molar-refractivity contribution in [1.29, 1.82) is 0 Å². The van der Waals surface area contributed by atoms with Crippen LogP contribution in [0.5, 0.6) is 0 Å². The average Bonchev–Trinajstić information content (AvgIpc) is 3.10. The summed E-state index contributed by atoms with van der Waals surface area (Å²) in [5.41, 5.74) is 4.28. The molecule has 0 saturated carbocycles. The van der Waals surface area contributed by atoms with Gasteiger partial charge in [-0.15, -0.1) is 0 Å². The molecule has 1 N–H and O–H groups in total. The molecule has 0 unspecified atom stereocenters.